The fourth-order valence-electron chi connectivity index (χ4n) is 2.24. The van der Waals surface area contributed by atoms with Crippen molar-refractivity contribution in [3.63, 3.8) is 0 Å². The zero-order valence-corrected chi connectivity index (χ0v) is 10.6. The van der Waals surface area contributed by atoms with Gasteiger partial charge in [-0.1, -0.05) is 54.6 Å². The van der Waals surface area contributed by atoms with Crippen LogP contribution in [0.4, 0.5) is 0 Å². The highest BCUT2D eigenvalue weighted by molar-refractivity contribution is 5.68. The highest BCUT2D eigenvalue weighted by Crippen LogP contribution is 2.33. The third-order valence-corrected chi connectivity index (χ3v) is 3.22. The molecule has 94 valence electrons. The Labute approximate surface area is 108 Å². The van der Waals surface area contributed by atoms with Crippen LogP contribution in [0.15, 0.2) is 54.6 Å². The van der Waals surface area contributed by atoms with Crippen molar-refractivity contribution < 1.29 is 5.11 Å². The molecule has 1 unspecified atom stereocenters. The Morgan fingerprint density at radius 2 is 1.61 bits per heavy atom. The number of hydrogen-bond donors (Lipinski definition) is 2. The van der Waals surface area contributed by atoms with Gasteiger partial charge in [-0.05, 0) is 36.6 Å². The molecule has 0 aromatic heterocycles. The Morgan fingerprint density at radius 3 is 2.28 bits per heavy atom. The molecule has 0 fully saturated rings. The highest BCUT2D eigenvalue weighted by atomic mass is 16.3. The molecule has 3 N–H and O–H groups in total. The summed E-state index contributed by atoms with van der Waals surface area (Å²) in [7, 11) is 0. The van der Waals surface area contributed by atoms with E-state index in [9.17, 15) is 5.11 Å². The topological polar surface area (TPSA) is 46.2 Å². The van der Waals surface area contributed by atoms with Crippen molar-refractivity contribution in [3.05, 3.63) is 60.2 Å². The standard InChI is InChI=1S/C16H19NO/c1-16(18,11-12-17)15-10-6-5-9-14(15)13-7-3-2-4-8-13/h2-10,18H,11-12,17H2,1H3. The molecular formula is C16H19NO. The number of hydrogen-bond acceptors (Lipinski definition) is 2. The molecule has 2 aromatic carbocycles. The summed E-state index contributed by atoms with van der Waals surface area (Å²) in [5.74, 6) is 0. The van der Waals surface area contributed by atoms with Gasteiger partial charge < -0.3 is 10.8 Å². The molecule has 0 aliphatic rings. The summed E-state index contributed by atoms with van der Waals surface area (Å²) >= 11 is 0. The normalized spacial score (nSPS) is 14.2. The van der Waals surface area contributed by atoms with E-state index >= 15 is 0 Å². The van der Waals surface area contributed by atoms with Crippen molar-refractivity contribution in [2.75, 3.05) is 6.54 Å². The molecule has 0 amide bonds. The molecule has 0 radical (unpaired) electrons. The average molecular weight is 241 g/mol. The van der Waals surface area contributed by atoms with Crippen LogP contribution in [0.3, 0.4) is 0 Å². The fraction of sp³-hybridized carbons (Fsp3) is 0.250. The molecule has 0 aliphatic heterocycles. The lowest BCUT2D eigenvalue weighted by Gasteiger charge is -2.26. The van der Waals surface area contributed by atoms with Crippen molar-refractivity contribution in [2.24, 2.45) is 5.73 Å². The van der Waals surface area contributed by atoms with E-state index in [-0.39, 0.29) is 0 Å². The van der Waals surface area contributed by atoms with Crippen LogP contribution in [0.25, 0.3) is 11.1 Å². The lowest BCUT2D eigenvalue weighted by Crippen LogP contribution is -2.25. The van der Waals surface area contributed by atoms with Crippen LogP contribution < -0.4 is 5.73 Å². The molecule has 2 heteroatoms. The summed E-state index contributed by atoms with van der Waals surface area (Å²) in [5.41, 5.74) is 7.81. The van der Waals surface area contributed by atoms with Gasteiger partial charge in [0.05, 0.1) is 5.60 Å². The predicted molar refractivity (Wildman–Crippen MR) is 75.1 cm³/mol. The molecule has 0 saturated heterocycles. The Balaban J connectivity index is 2.50. The Kier molecular flexibility index (Phi) is 3.80. The SMILES string of the molecule is CC(O)(CCN)c1ccccc1-c1ccccc1. The highest BCUT2D eigenvalue weighted by Gasteiger charge is 2.24. The van der Waals surface area contributed by atoms with Crippen molar-refractivity contribution in [3.8, 4) is 11.1 Å². The molecule has 0 bridgehead atoms. The minimum atomic E-state index is -0.888. The maximum absolute atomic E-state index is 10.5. The monoisotopic (exact) mass is 241 g/mol. The van der Waals surface area contributed by atoms with Crippen molar-refractivity contribution in [1.82, 2.24) is 0 Å². The van der Waals surface area contributed by atoms with E-state index < -0.39 is 5.60 Å². The smallest absolute Gasteiger partial charge is 0.0886 e. The fourth-order valence-corrected chi connectivity index (χ4v) is 2.24. The second-order valence-corrected chi connectivity index (χ2v) is 4.72. The molecule has 1 atom stereocenters. The van der Waals surface area contributed by atoms with Gasteiger partial charge in [0.15, 0.2) is 0 Å². The summed E-state index contributed by atoms with van der Waals surface area (Å²) in [6, 6.07) is 18.1. The van der Waals surface area contributed by atoms with Crippen molar-refractivity contribution in [1.29, 1.82) is 0 Å². The molecule has 0 saturated carbocycles. The lowest BCUT2D eigenvalue weighted by molar-refractivity contribution is 0.0510. The van der Waals surface area contributed by atoms with Gasteiger partial charge in [0, 0.05) is 0 Å². The summed E-state index contributed by atoms with van der Waals surface area (Å²) in [5, 5.41) is 10.5. The van der Waals surface area contributed by atoms with Crippen LogP contribution >= 0.6 is 0 Å². The predicted octanol–water partition coefficient (Wildman–Crippen LogP) is 2.91. The maximum Gasteiger partial charge on any atom is 0.0886 e. The van der Waals surface area contributed by atoms with E-state index in [4.69, 9.17) is 5.73 Å². The van der Waals surface area contributed by atoms with Crippen LogP contribution in [0.1, 0.15) is 18.9 Å². The molecule has 2 rings (SSSR count). The molecule has 2 aromatic rings. The van der Waals surface area contributed by atoms with E-state index in [1.54, 1.807) is 0 Å². The first-order chi connectivity index (χ1) is 8.65. The summed E-state index contributed by atoms with van der Waals surface area (Å²) in [4.78, 5) is 0. The van der Waals surface area contributed by atoms with Crippen molar-refractivity contribution >= 4 is 0 Å². The maximum atomic E-state index is 10.5. The molecule has 2 nitrogen and oxygen atoms in total. The first-order valence-electron chi connectivity index (χ1n) is 6.22. The largest absolute Gasteiger partial charge is 0.385 e. The van der Waals surface area contributed by atoms with E-state index in [1.165, 1.54) is 0 Å². The Morgan fingerprint density at radius 1 is 1.00 bits per heavy atom. The second-order valence-electron chi connectivity index (χ2n) is 4.72. The summed E-state index contributed by atoms with van der Waals surface area (Å²) < 4.78 is 0. The number of rotatable bonds is 4. The Bertz CT molecular complexity index is 506. The summed E-state index contributed by atoms with van der Waals surface area (Å²) in [6.07, 6.45) is 0.552. The number of aliphatic hydroxyl groups is 1. The molecule has 18 heavy (non-hydrogen) atoms. The third-order valence-electron chi connectivity index (χ3n) is 3.22. The van der Waals surface area contributed by atoms with E-state index in [1.807, 2.05) is 49.4 Å². The number of nitrogens with two attached hydrogens (primary N) is 1. The van der Waals surface area contributed by atoms with Crippen LogP contribution in [-0.2, 0) is 5.60 Å². The van der Waals surface area contributed by atoms with E-state index in [0.717, 1.165) is 16.7 Å². The van der Waals surface area contributed by atoms with Crippen LogP contribution in [0.2, 0.25) is 0 Å². The Hall–Kier alpha value is -1.64. The minimum absolute atomic E-state index is 0.468. The van der Waals surface area contributed by atoms with Gasteiger partial charge >= 0.3 is 0 Å². The lowest BCUT2D eigenvalue weighted by atomic mass is 9.86. The van der Waals surface area contributed by atoms with Crippen LogP contribution in [0.5, 0.6) is 0 Å². The van der Waals surface area contributed by atoms with Crippen molar-refractivity contribution in [2.45, 2.75) is 18.9 Å². The van der Waals surface area contributed by atoms with Gasteiger partial charge in [-0.3, -0.25) is 0 Å². The first kappa shape index (κ1) is 12.8. The van der Waals surface area contributed by atoms with E-state index in [0.29, 0.717) is 13.0 Å². The van der Waals surface area contributed by atoms with Gasteiger partial charge in [0.2, 0.25) is 0 Å². The third kappa shape index (κ3) is 2.61. The van der Waals surface area contributed by atoms with Crippen LogP contribution in [0, 0.1) is 0 Å². The molecular weight excluding hydrogens is 222 g/mol. The second kappa shape index (κ2) is 5.34. The molecule has 0 spiro atoms. The van der Waals surface area contributed by atoms with E-state index in [2.05, 4.69) is 12.1 Å². The zero-order valence-electron chi connectivity index (χ0n) is 10.6. The van der Waals surface area contributed by atoms with Gasteiger partial charge in [0.1, 0.15) is 0 Å². The zero-order chi connectivity index (χ0) is 13.0. The van der Waals surface area contributed by atoms with Gasteiger partial charge in [-0.25, -0.2) is 0 Å². The van der Waals surface area contributed by atoms with Gasteiger partial charge in [-0.15, -0.1) is 0 Å². The average Bonchev–Trinajstić information content (AvgIpc) is 2.40. The minimum Gasteiger partial charge on any atom is -0.385 e. The quantitative estimate of drug-likeness (QED) is 0.864. The van der Waals surface area contributed by atoms with Crippen LogP contribution in [-0.4, -0.2) is 11.7 Å². The van der Waals surface area contributed by atoms with Gasteiger partial charge in [-0.2, -0.15) is 0 Å². The first-order valence-corrected chi connectivity index (χ1v) is 6.22. The molecule has 0 heterocycles. The molecule has 0 aliphatic carbocycles. The number of benzene rings is 2. The summed E-state index contributed by atoms with van der Waals surface area (Å²) in [6.45, 7) is 2.29. The van der Waals surface area contributed by atoms with Gasteiger partial charge in [0.25, 0.3) is 0 Å².